The quantitative estimate of drug-likeness (QED) is 0.578. The predicted molar refractivity (Wildman–Crippen MR) is 82.5 cm³/mol. The predicted octanol–water partition coefficient (Wildman–Crippen LogP) is 0.546. The molecule has 1 aliphatic rings. The molecule has 3 N–H and O–H groups in total. The number of aromatic carboxylic acids is 1. The Morgan fingerprint density at radius 2 is 2.00 bits per heavy atom. The third kappa shape index (κ3) is 4.38. The minimum absolute atomic E-state index is 0.0964. The molecule has 9 heteroatoms. The van der Waals surface area contributed by atoms with E-state index in [9.17, 15) is 18.0 Å². The van der Waals surface area contributed by atoms with E-state index in [2.05, 4.69) is 10.0 Å². The zero-order chi connectivity index (χ0) is 15.6. The molecule has 0 radical (unpaired) electrons. The van der Waals surface area contributed by atoms with Crippen molar-refractivity contribution in [2.45, 2.75) is 23.8 Å². The monoisotopic (exact) mass is 424 g/mol. The van der Waals surface area contributed by atoms with Gasteiger partial charge in [0.15, 0.2) is 0 Å². The van der Waals surface area contributed by atoms with Gasteiger partial charge in [0.05, 0.1) is 17.0 Å². The highest BCUT2D eigenvalue weighted by atomic mass is 127. The van der Waals surface area contributed by atoms with Gasteiger partial charge in [0, 0.05) is 9.61 Å². The normalized spacial score (nSPS) is 14.7. The first-order valence-corrected chi connectivity index (χ1v) is 8.67. The van der Waals surface area contributed by atoms with Crippen molar-refractivity contribution in [1.82, 2.24) is 10.0 Å². The Labute approximate surface area is 135 Å². The number of amides is 1. The maximum Gasteiger partial charge on any atom is 0.336 e. The van der Waals surface area contributed by atoms with E-state index in [0.717, 1.165) is 18.9 Å². The third-order valence-electron chi connectivity index (χ3n) is 2.84. The van der Waals surface area contributed by atoms with Crippen molar-refractivity contribution in [3.8, 4) is 0 Å². The maximum absolute atomic E-state index is 12.0. The molecule has 0 bridgehead atoms. The molecule has 0 spiro atoms. The SMILES string of the molecule is O=C(CNS(=O)(=O)c1ccc(I)c(C(=O)O)c1)NC1CC1. The highest BCUT2D eigenvalue weighted by molar-refractivity contribution is 14.1. The lowest BCUT2D eigenvalue weighted by Gasteiger charge is -2.08. The van der Waals surface area contributed by atoms with Gasteiger partial charge in [-0.15, -0.1) is 0 Å². The van der Waals surface area contributed by atoms with Gasteiger partial charge < -0.3 is 10.4 Å². The minimum Gasteiger partial charge on any atom is -0.478 e. The number of halogens is 1. The average molecular weight is 424 g/mol. The smallest absolute Gasteiger partial charge is 0.336 e. The van der Waals surface area contributed by atoms with E-state index in [0.29, 0.717) is 3.57 Å². The molecule has 0 aliphatic heterocycles. The van der Waals surface area contributed by atoms with Gasteiger partial charge in [-0.1, -0.05) is 0 Å². The van der Waals surface area contributed by atoms with Crippen molar-refractivity contribution in [1.29, 1.82) is 0 Å². The summed E-state index contributed by atoms with van der Waals surface area (Å²) in [7, 11) is -3.92. The van der Waals surface area contributed by atoms with Crippen LogP contribution in [-0.4, -0.2) is 38.0 Å². The topological polar surface area (TPSA) is 113 Å². The Bertz CT molecular complexity index is 685. The van der Waals surface area contributed by atoms with Crippen LogP contribution in [-0.2, 0) is 14.8 Å². The Morgan fingerprint density at radius 3 is 2.57 bits per heavy atom. The standard InChI is InChI=1S/C12H13IN2O5S/c13-10-4-3-8(5-9(10)12(17)18)21(19,20)14-6-11(16)15-7-1-2-7/h3-5,7,14H,1-2,6H2,(H,15,16)(H,17,18). The van der Waals surface area contributed by atoms with Gasteiger partial charge in [-0.3, -0.25) is 4.79 Å². The van der Waals surface area contributed by atoms with Gasteiger partial charge in [-0.25, -0.2) is 17.9 Å². The fraction of sp³-hybridized carbons (Fsp3) is 0.333. The highest BCUT2D eigenvalue weighted by Gasteiger charge is 2.24. The second-order valence-corrected chi connectivity index (χ2v) is 7.54. The molecule has 1 fully saturated rings. The zero-order valence-electron chi connectivity index (χ0n) is 10.8. The van der Waals surface area contributed by atoms with Crippen LogP contribution in [0, 0.1) is 3.57 Å². The van der Waals surface area contributed by atoms with Crippen LogP contribution >= 0.6 is 22.6 Å². The van der Waals surface area contributed by atoms with Crippen LogP contribution in [0.15, 0.2) is 23.1 Å². The van der Waals surface area contributed by atoms with E-state index in [-0.39, 0.29) is 23.0 Å². The van der Waals surface area contributed by atoms with Crippen molar-refractivity contribution in [3.63, 3.8) is 0 Å². The summed E-state index contributed by atoms with van der Waals surface area (Å²) < 4.78 is 26.7. The van der Waals surface area contributed by atoms with E-state index in [4.69, 9.17) is 5.11 Å². The number of hydrogen-bond donors (Lipinski definition) is 3. The maximum atomic E-state index is 12.0. The summed E-state index contributed by atoms with van der Waals surface area (Å²) in [4.78, 5) is 22.3. The number of nitrogens with one attached hydrogen (secondary N) is 2. The second kappa shape index (κ2) is 6.28. The van der Waals surface area contributed by atoms with E-state index >= 15 is 0 Å². The summed E-state index contributed by atoms with van der Waals surface area (Å²) in [5.74, 6) is -1.60. The van der Waals surface area contributed by atoms with Crippen LogP contribution in [0.25, 0.3) is 0 Å². The summed E-state index contributed by atoms with van der Waals surface area (Å²) in [6.07, 6.45) is 1.83. The molecule has 0 aromatic heterocycles. The van der Waals surface area contributed by atoms with E-state index in [1.807, 2.05) is 22.6 Å². The van der Waals surface area contributed by atoms with Crippen LogP contribution in [0.3, 0.4) is 0 Å². The number of carbonyl (C=O) groups is 2. The molecule has 0 atom stereocenters. The van der Waals surface area contributed by atoms with Gasteiger partial charge in [0.25, 0.3) is 0 Å². The van der Waals surface area contributed by atoms with Crippen molar-refractivity contribution in [3.05, 3.63) is 27.3 Å². The van der Waals surface area contributed by atoms with Crippen LogP contribution in [0.1, 0.15) is 23.2 Å². The number of sulfonamides is 1. The molecule has 0 unspecified atom stereocenters. The van der Waals surface area contributed by atoms with E-state index < -0.39 is 21.9 Å². The molecule has 0 heterocycles. The molecule has 1 aromatic rings. The molecule has 0 saturated heterocycles. The molecule has 7 nitrogen and oxygen atoms in total. The number of carboxylic acid groups (broad SMARTS) is 1. The Morgan fingerprint density at radius 1 is 1.33 bits per heavy atom. The van der Waals surface area contributed by atoms with E-state index in [1.54, 1.807) is 0 Å². The Kier molecular flexibility index (Phi) is 4.84. The molecule has 1 aromatic carbocycles. The number of carboxylic acids is 1. The fourth-order valence-electron chi connectivity index (χ4n) is 1.59. The van der Waals surface area contributed by atoms with Crippen molar-refractivity contribution in [2.75, 3.05) is 6.54 Å². The Hall–Kier alpha value is -1.20. The van der Waals surface area contributed by atoms with Gasteiger partial charge >= 0.3 is 5.97 Å². The summed E-state index contributed by atoms with van der Waals surface area (Å²) in [6.45, 7) is -0.368. The highest BCUT2D eigenvalue weighted by Crippen LogP contribution is 2.19. The molecule has 114 valence electrons. The van der Waals surface area contributed by atoms with Crippen LogP contribution < -0.4 is 10.0 Å². The minimum atomic E-state index is -3.92. The summed E-state index contributed by atoms with van der Waals surface area (Å²) in [5.41, 5.74) is -0.0964. The summed E-state index contributed by atoms with van der Waals surface area (Å²) >= 11 is 1.81. The van der Waals surface area contributed by atoms with Crippen LogP contribution in [0.2, 0.25) is 0 Å². The number of carbonyl (C=O) groups excluding carboxylic acids is 1. The summed E-state index contributed by atoms with van der Waals surface area (Å²) in [6, 6.07) is 3.93. The van der Waals surface area contributed by atoms with Gasteiger partial charge in [0.2, 0.25) is 15.9 Å². The Balaban J connectivity index is 2.09. The molecule has 21 heavy (non-hydrogen) atoms. The van der Waals surface area contributed by atoms with Crippen LogP contribution in [0.5, 0.6) is 0 Å². The number of rotatable bonds is 6. The third-order valence-corrected chi connectivity index (χ3v) is 5.18. The lowest BCUT2D eigenvalue weighted by atomic mass is 10.2. The molecule has 1 saturated carbocycles. The van der Waals surface area contributed by atoms with E-state index in [1.165, 1.54) is 12.1 Å². The zero-order valence-corrected chi connectivity index (χ0v) is 13.8. The lowest BCUT2D eigenvalue weighted by molar-refractivity contribution is -0.120. The van der Waals surface area contributed by atoms with Crippen LogP contribution in [0.4, 0.5) is 0 Å². The molecule has 1 aliphatic carbocycles. The number of hydrogen-bond acceptors (Lipinski definition) is 4. The van der Waals surface area contributed by atoms with Crippen molar-refractivity contribution < 1.29 is 23.1 Å². The molecular formula is C12H13IN2O5S. The van der Waals surface area contributed by atoms with Crippen molar-refractivity contribution >= 4 is 44.5 Å². The molecule has 2 rings (SSSR count). The first-order chi connectivity index (χ1) is 9.79. The van der Waals surface area contributed by atoms with Gasteiger partial charge in [-0.05, 0) is 53.6 Å². The van der Waals surface area contributed by atoms with Gasteiger partial charge in [0.1, 0.15) is 0 Å². The lowest BCUT2D eigenvalue weighted by Crippen LogP contribution is -2.37. The summed E-state index contributed by atoms with van der Waals surface area (Å²) in [5, 5.41) is 11.7. The fourth-order valence-corrected chi connectivity index (χ4v) is 3.16. The first kappa shape index (κ1) is 16.2. The largest absolute Gasteiger partial charge is 0.478 e. The second-order valence-electron chi connectivity index (χ2n) is 4.61. The average Bonchev–Trinajstić information content (AvgIpc) is 3.20. The first-order valence-electron chi connectivity index (χ1n) is 6.11. The number of benzene rings is 1. The van der Waals surface area contributed by atoms with Crippen molar-refractivity contribution in [2.24, 2.45) is 0 Å². The molecule has 1 amide bonds. The molecular weight excluding hydrogens is 411 g/mol. The van der Waals surface area contributed by atoms with Gasteiger partial charge in [-0.2, -0.15) is 0 Å².